The third-order valence-corrected chi connectivity index (χ3v) is 4.74. The van der Waals surface area contributed by atoms with E-state index >= 15 is 0 Å². The van der Waals surface area contributed by atoms with Crippen LogP contribution in [0.2, 0.25) is 0 Å². The Morgan fingerprint density at radius 2 is 1.93 bits per heavy atom. The molecular weight excluding hydrogens is 361 g/mol. The molecule has 0 radical (unpaired) electrons. The van der Waals surface area contributed by atoms with E-state index in [-0.39, 0.29) is 23.9 Å². The molecule has 5 N–H and O–H groups in total. The average Bonchev–Trinajstić information content (AvgIpc) is 3.06. The lowest BCUT2D eigenvalue weighted by molar-refractivity contribution is -0.139. The summed E-state index contributed by atoms with van der Waals surface area (Å²) in [7, 11) is 0. The highest BCUT2D eigenvalue weighted by atomic mass is 19.4. The molecule has 1 atom stereocenters. The minimum absolute atomic E-state index is 0.0313. The summed E-state index contributed by atoms with van der Waals surface area (Å²) in [6.07, 6.45) is -1.46. The highest BCUT2D eigenvalue weighted by molar-refractivity contribution is 5.45. The van der Waals surface area contributed by atoms with Gasteiger partial charge < -0.3 is 21.3 Å². The van der Waals surface area contributed by atoms with Crippen LogP contribution in [0.25, 0.3) is 0 Å². The summed E-state index contributed by atoms with van der Waals surface area (Å²) in [5.74, 6) is -0.102. The van der Waals surface area contributed by atoms with Gasteiger partial charge in [-0.15, -0.1) is 0 Å². The molecule has 6 nitrogen and oxygen atoms in total. The predicted octanol–water partition coefficient (Wildman–Crippen LogP) is 2.81. The number of anilines is 1. The van der Waals surface area contributed by atoms with Gasteiger partial charge in [-0.3, -0.25) is 0 Å². The second-order valence-corrected chi connectivity index (χ2v) is 6.82. The number of halogens is 3. The van der Waals surface area contributed by atoms with Gasteiger partial charge in [0.15, 0.2) is 0 Å². The number of alkyl halides is 3. The zero-order valence-corrected chi connectivity index (χ0v) is 14.5. The number of nitrogen functional groups attached to an aromatic ring is 1. The first-order valence-corrected chi connectivity index (χ1v) is 8.58. The Morgan fingerprint density at radius 1 is 1.22 bits per heavy atom. The van der Waals surface area contributed by atoms with Crippen molar-refractivity contribution in [3.8, 4) is 5.88 Å². The molecule has 0 saturated heterocycles. The van der Waals surface area contributed by atoms with Crippen molar-refractivity contribution in [1.82, 2.24) is 9.97 Å². The predicted molar refractivity (Wildman–Crippen MR) is 92.8 cm³/mol. The minimum Gasteiger partial charge on any atom is -0.476 e. The summed E-state index contributed by atoms with van der Waals surface area (Å²) in [5.41, 5.74) is 9.79. The maximum atomic E-state index is 13.4. The molecule has 1 aliphatic rings. The van der Waals surface area contributed by atoms with Gasteiger partial charge in [-0.25, -0.2) is 9.97 Å². The van der Waals surface area contributed by atoms with E-state index in [9.17, 15) is 18.3 Å². The van der Waals surface area contributed by atoms with Gasteiger partial charge in [0.05, 0.1) is 16.8 Å². The number of aliphatic hydroxyl groups is 1. The van der Waals surface area contributed by atoms with E-state index in [2.05, 4.69) is 9.97 Å². The van der Waals surface area contributed by atoms with Crippen LogP contribution >= 0.6 is 0 Å². The molecule has 1 saturated carbocycles. The number of hydrogen-bond donors (Lipinski definition) is 3. The fraction of sp³-hybridized carbons (Fsp3) is 0.444. The maximum Gasteiger partial charge on any atom is 0.418 e. The summed E-state index contributed by atoms with van der Waals surface area (Å²) in [6, 6.07) is 4.84. The molecular formula is C18H21F3N4O2. The Labute approximate surface area is 154 Å². The normalized spacial score (nSPS) is 17.7. The topological polar surface area (TPSA) is 107 Å². The average molecular weight is 382 g/mol. The van der Waals surface area contributed by atoms with Gasteiger partial charge in [0.1, 0.15) is 18.5 Å². The van der Waals surface area contributed by atoms with Gasteiger partial charge >= 0.3 is 6.18 Å². The molecule has 2 heterocycles. The van der Waals surface area contributed by atoms with Crippen LogP contribution in [0.1, 0.15) is 48.6 Å². The lowest BCUT2D eigenvalue weighted by atomic mass is 10.0. The number of ether oxygens (including phenoxy) is 1. The van der Waals surface area contributed by atoms with Gasteiger partial charge in [-0.05, 0) is 25.0 Å². The Morgan fingerprint density at radius 3 is 2.56 bits per heavy atom. The molecule has 2 aromatic rings. The molecule has 0 amide bonds. The summed E-state index contributed by atoms with van der Waals surface area (Å²) < 4.78 is 45.7. The molecule has 1 aliphatic carbocycles. The molecule has 0 aliphatic heterocycles. The molecule has 146 valence electrons. The number of nitrogens with two attached hydrogens (primary N) is 2. The van der Waals surface area contributed by atoms with Crippen LogP contribution in [-0.4, -0.2) is 27.2 Å². The molecule has 2 aromatic heterocycles. The minimum atomic E-state index is -4.70. The van der Waals surface area contributed by atoms with Crippen LogP contribution in [0, 0.1) is 0 Å². The Bertz CT molecular complexity index is 807. The van der Waals surface area contributed by atoms with Crippen molar-refractivity contribution in [3.63, 3.8) is 0 Å². The molecule has 0 spiro atoms. The van der Waals surface area contributed by atoms with E-state index in [4.69, 9.17) is 16.2 Å². The smallest absolute Gasteiger partial charge is 0.418 e. The number of aromatic nitrogens is 2. The van der Waals surface area contributed by atoms with Gasteiger partial charge in [-0.2, -0.15) is 13.2 Å². The first-order valence-electron chi connectivity index (χ1n) is 8.58. The highest BCUT2D eigenvalue weighted by Gasteiger charge is 2.37. The summed E-state index contributed by atoms with van der Waals surface area (Å²) in [5, 5.41) is 10.5. The number of aliphatic hydroxyl groups excluding tert-OH is 1. The lowest BCUT2D eigenvalue weighted by Crippen LogP contribution is -2.42. The Kier molecular flexibility index (Phi) is 5.25. The van der Waals surface area contributed by atoms with E-state index in [1.807, 2.05) is 0 Å². The summed E-state index contributed by atoms with van der Waals surface area (Å²) in [6.45, 7) is 0.149. The van der Waals surface area contributed by atoms with Crippen molar-refractivity contribution in [2.24, 2.45) is 5.73 Å². The number of nitrogens with zero attached hydrogens (tertiary/aromatic N) is 2. The summed E-state index contributed by atoms with van der Waals surface area (Å²) in [4.78, 5) is 7.72. The number of hydrogen-bond acceptors (Lipinski definition) is 6. The van der Waals surface area contributed by atoms with Crippen LogP contribution < -0.4 is 16.2 Å². The largest absolute Gasteiger partial charge is 0.476 e. The molecule has 1 unspecified atom stereocenters. The van der Waals surface area contributed by atoms with Crippen molar-refractivity contribution >= 4 is 5.82 Å². The molecule has 9 heteroatoms. The SMILES string of the molecule is Nc1ncccc1C(O)c1nc(OCC2(N)CCCC2)ccc1C(F)(F)F. The zero-order chi connectivity index (χ0) is 19.7. The highest BCUT2D eigenvalue weighted by Crippen LogP contribution is 2.37. The summed E-state index contributed by atoms with van der Waals surface area (Å²) >= 11 is 0. The van der Waals surface area contributed by atoms with Crippen molar-refractivity contribution in [2.45, 2.75) is 43.5 Å². The van der Waals surface area contributed by atoms with E-state index in [1.54, 1.807) is 0 Å². The molecule has 0 bridgehead atoms. The first kappa shape index (κ1) is 19.4. The molecule has 27 heavy (non-hydrogen) atoms. The van der Waals surface area contributed by atoms with Crippen LogP contribution in [-0.2, 0) is 6.18 Å². The van der Waals surface area contributed by atoms with Crippen LogP contribution in [0.3, 0.4) is 0 Å². The monoisotopic (exact) mass is 382 g/mol. The third-order valence-electron chi connectivity index (χ3n) is 4.74. The number of rotatable bonds is 5. The second kappa shape index (κ2) is 7.32. The molecule has 1 fully saturated rings. The van der Waals surface area contributed by atoms with Crippen molar-refractivity contribution < 1.29 is 23.0 Å². The van der Waals surface area contributed by atoms with E-state index in [1.165, 1.54) is 18.3 Å². The zero-order valence-electron chi connectivity index (χ0n) is 14.5. The van der Waals surface area contributed by atoms with E-state index in [0.29, 0.717) is 0 Å². The van der Waals surface area contributed by atoms with Gasteiger partial charge in [-0.1, -0.05) is 18.9 Å². The maximum absolute atomic E-state index is 13.4. The quantitative estimate of drug-likeness (QED) is 0.734. The first-order chi connectivity index (χ1) is 12.7. The van der Waals surface area contributed by atoms with E-state index < -0.39 is 29.1 Å². The molecule has 3 rings (SSSR count). The fourth-order valence-electron chi connectivity index (χ4n) is 3.23. The van der Waals surface area contributed by atoms with Crippen molar-refractivity contribution in [1.29, 1.82) is 0 Å². The molecule has 0 aromatic carbocycles. The lowest BCUT2D eigenvalue weighted by Gasteiger charge is -2.24. The van der Waals surface area contributed by atoms with Crippen molar-refractivity contribution in [2.75, 3.05) is 12.3 Å². The van der Waals surface area contributed by atoms with E-state index in [0.717, 1.165) is 37.8 Å². The van der Waals surface area contributed by atoms with Gasteiger partial charge in [0.25, 0.3) is 0 Å². The van der Waals surface area contributed by atoms with Crippen LogP contribution in [0.5, 0.6) is 5.88 Å². The Balaban J connectivity index is 1.93. The van der Waals surface area contributed by atoms with Crippen LogP contribution in [0.4, 0.5) is 19.0 Å². The van der Waals surface area contributed by atoms with Crippen molar-refractivity contribution in [3.05, 3.63) is 47.3 Å². The fourth-order valence-corrected chi connectivity index (χ4v) is 3.23. The van der Waals surface area contributed by atoms with Gasteiger partial charge in [0.2, 0.25) is 5.88 Å². The Hall–Kier alpha value is -2.39. The number of pyridine rings is 2. The van der Waals surface area contributed by atoms with Crippen LogP contribution in [0.15, 0.2) is 30.5 Å². The standard InChI is InChI=1S/C18H21F3N4O2/c19-18(20,21)12-5-6-13(27-10-17(23)7-1-2-8-17)25-14(12)15(26)11-4-3-9-24-16(11)22/h3-6,9,15,26H,1-2,7-8,10,23H2,(H2,22,24). The second-order valence-electron chi connectivity index (χ2n) is 6.82. The van der Waals surface area contributed by atoms with Gasteiger partial charge in [0, 0.05) is 17.8 Å². The third kappa shape index (κ3) is 4.30.